The average molecular weight is 327 g/mol. The molecule has 1 aliphatic heterocycles. The third-order valence-electron chi connectivity index (χ3n) is 3.66. The maximum Gasteiger partial charge on any atom is 0.339 e. The average Bonchev–Trinajstić information content (AvgIpc) is 3.02. The summed E-state index contributed by atoms with van der Waals surface area (Å²) >= 11 is 0. The molecule has 1 atom stereocenters. The molecule has 6 heteroatoms. The fourth-order valence-electron chi connectivity index (χ4n) is 2.30. The molecule has 0 saturated heterocycles. The van der Waals surface area contributed by atoms with Crippen LogP contribution in [0.25, 0.3) is 0 Å². The van der Waals surface area contributed by atoms with Crippen LogP contribution in [0.2, 0.25) is 0 Å². The molecular weight excluding hydrogens is 310 g/mol. The lowest BCUT2D eigenvalue weighted by molar-refractivity contribution is -0.123. The predicted octanol–water partition coefficient (Wildman–Crippen LogP) is 2.91. The molecule has 0 aromatic heterocycles. The van der Waals surface area contributed by atoms with Crippen LogP contribution in [-0.4, -0.2) is 24.8 Å². The molecule has 0 spiro atoms. The van der Waals surface area contributed by atoms with Crippen LogP contribution in [0.5, 0.6) is 11.5 Å². The second-order valence-corrected chi connectivity index (χ2v) is 5.42. The van der Waals surface area contributed by atoms with Gasteiger partial charge in [0.15, 0.2) is 17.6 Å². The maximum atomic E-state index is 12.2. The lowest BCUT2D eigenvalue weighted by Crippen LogP contribution is -2.30. The van der Waals surface area contributed by atoms with Crippen molar-refractivity contribution < 1.29 is 23.8 Å². The molecule has 1 amide bonds. The van der Waals surface area contributed by atoms with Crippen molar-refractivity contribution in [1.82, 2.24) is 0 Å². The summed E-state index contributed by atoms with van der Waals surface area (Å²) in [4.78, 5) is 24.4. The molecule has 0 aliphatic carbocycles. The third-order valence-corrected chi connectivity index (χ3v) is 3.66. The Balaban J connectivity index is 1.63. The standard InChI is InChI=1S/C18H17NO5/c1-11-5-3-4-6-14(11)18(21)24-12(2)17(20)19-13-7-8-15-16(9-13)23-10-22-15/h3-9,12H,10H2,1-2H3,(H,19,20)/t12-/m1/s1. The number of anilines is 1. The van der Waals surface area contributed by atoms with Gasteiger partial charge in [-0.15, -0.1) is 0 Å². The number of fused-ring (bicyclic) bond motifs is 1. The number of nitrogens with one attached hydrogen (secondary N) is 1. The Bertz CT molecular complexity index is 787. The number of ether oxygens (including phenoxy) is 3. The summed E-state index contributed by atoms with van der Waals surface area (Å²) < 4.78 is 15.7. The summed E-state index contributed by atoms with van der Waals surface area (Å²) in [6.45, 7) is 3.50. The van der Waals surface area contributed by atoms with E-state index in [4.69, 9.17) is 14.2 Å². The second-order valence-electron chi connectivity index (χ2n) is 5.42. The quantitative estimate of drug-likeness (QED) is 0.874. The number of rotatable bonds is 4. The largest absolute Gasteiger partial charge is 0.454 e. The number of carbonyl (C=O) groups excluding carboxylic acids is 2. The number of hydrogen-bond donors (Lipinski definition) is 1. The van der Waals surface area contributed by atoms with Gasteiger partial charge in [0.05, 0.1) is 5.56 Å². The Morgan fingerprint density at radius 3 is 2.67 bits per heavy atom. The SMILES string of the molecule is Cc1ccccc1C(=O)O[C@H](C)C(=O)Nc1ccc2c(c1)OCO2. The smallest absolute Gasteiger partial charge is 0.339 e. The van der Waals surface area contributed by atoms with Crippen LogP contribution in [0.4, 0.5) is 5.69 Å². The van der Waals surface area contributed by atoms with Crippen LogP contribution in [0, 0.1) is 6.92 Å². The highest BCUT2D eigenvalue weighted by molar-refractivity contribution is 5.98. The van der Waals surface area contributed by atoms with Crippen molar-refractivity contribution in [2.75, 3.05) is 12.1 Å². The fraction of sp³-hybridized carbons (Fsp3) is 0.222. The van der Waals surface area contributed by atoms with Gasteiger partial charge < -0.3 is 19.5 Å². The molecule has 3 rings (SSSR count). The number of aryl methyl sites for hydroxylation is 1. The van der Waals surface area contributed by atoms with Crippen molar-refractivity contribution in [2.24, 2.45) is 0 Å². The minimum absolute atomic E-state index is 0.164. The van der Waals surface area contributed by atoms with E-state index in [1.54, 1.807) is 30.3 Å². The van der Waals surface area contributed by atoms with E-state index in [2.05, 4.69) is 5.32 Å². The Hall–Kier alpha value is -3.02. The van der Waals surface area contributed by atoms with Crippen molar-refractivity contribution in [2.45, 2.75) is 20.0 Å². The van der Waals surface area contributed by atoms with E-state index in [0.29, 0.717) is 22.7 Å². The van der Waals surface area contributed by atoms with Crippen LogP contribution in [0.3, 0.4) is 0 Å². The van der Waals surface area contributed by atoms with Crippen molar-refractivity contribution in [3.63, 3.8) is 0 Å². The van der Waals surface area contributed by atoms with Crippen LogP contribution >= 0.6 is 0 Å². The molecule has 0 fully saturated rings. The van der Waals surface area contributed by atoms with Crippen LogP contribution in [0.1, 0.15) is 22.8 Å². The highest BCUT2D eigenvalue weighted by Gasteiger charge is 2.21. The van der Waals surface area contributed by atoms with Crippen LogP contribution < -0.4 is 14.8 Å². The van der Waals surface area contributed by atoms with Crippen LogP contribution in [0.15, 0.2) is 42.5 Å². The van der Waals surface area contributed by atoms with Gasteiger partial charge in [-0.1, -0.05) is 18.2 Å². The summed E-state index contributed by atoms with van der Waals surface area (Å²) in [5.74, 6) is 0.252. The first-order chi connectivity index (χ1) is 11.5. The van der Waals surface area contributed by atoms with Gasteiger partial charge in [0.2, 0.25) is 6.79 Å². The lowest BCUT2D eigenvalue weighted by atomic mass is 10.1. The topological polar surface area (TPSA) is 73.9 Å². The highest BCUT2D eigenvalue weighted by atomic mass is 16.7. The van der Waals surface area contributed by atoms with E-state index in [9.17, 15) is 9.59 Å². The summed E-state index contributed by atoms with van der Waals surface area (Å²) in [7, 11) is 0. The molecule has 0 radical (unpaired) electrons. The molecule has 6 nitrogen and oxygen atoms in total. The van der Waals surface area contributed by atoms with Gasteiger partial charge in [0, 0.05) is 11.8 Å². The van der Waals surface area contributed by atoms with Gasteiger partial charge in [-0.25, -0.2) is 4.79 Å². The Morgan fingerprint density at radius 1 is 1.12 bits per heavy atom. The third kappa shape index (κ3) is 3.32. The lowest BCUT2D eigenvalue weighted by Gasteiger charge is -2.14. The van der Waals surface area contributed by atoms with E-state index in [0.717, 1.165) is 5.56 Å². The van der Waals surface area contributed by atoms with Gasteiger partial charge in [0.1, 0.15) is 0 Å². The van der Waals surface area contributed by atoms with E-state index in [1.807, 2.05) is 19.1 Å². The molecule has 2 aromatic carbocycles. The summed E-state index contributed by atoms with van der Waals surface area (Å²) in [6, 6.07) is 12.1. The molecular formula is C18H17NO5. The van der Waals surface area contributed by atoms with Crippen LogP contribution in [-0.2, 0) is 9.53 Å². The zero-order valence-corrected chi connectivity index (χ0v) is 13.4. The maximum absolute atomic E-state index is 12.2. The van der Waals surface area contributed by atoms with Gasteiger partial charge in [-0.3, -0.25) is 4.79 Å². The van der Waals surface area contributed by atoms with Crippen molar-refractivity contribution in [3.8, 4) is 11.5 Å². The Morgan fingerprint density at radius 2 is 1.88 bits per heavy atom. The molecule has 0 saturated carbocycles. The normalized spacial score (nSPS) is 13.2. The van der Waals surface area contributed by atoms with Gasteiger partial charge in [-0.2, -0.15) is 0 Å². The number of carbonyl (C=O) groups is 2. The van der Waals surface area contributed by atoms with E-state index in [-0.39, 0.29) is 6.79 Å². The zero-order valence-electron chi connectivity index (χ0n) is 13.4. The van der Waals surface area contributed by atoms with Gasteiger partial charge in [-0.05, 0) is 37.6 Å². The molecule has 24 heavy (non-hydrogen) atoms. The molecule has 124 valence electrons. The first kappa shape index (κ1) is 15.9. The first-order valence-electron chi connectivity index (χ1n) is 7.52. The zero-order chi connectivity index (χ0) is 17.1. The Kier molecular flexibility index (Phi) is 4.37. The van der Waals surface area contributed by atoms with E-state index >= 15 is 0 Å². The fourth-order valence-corrected chi connectivity index (χ4v) is 2.30. The number of amides is 1. The van der Waals surface area contributed by atoms with Gasteiger partial charge in [0.25, 0.3) is 5.91 Å². The predicted molar refractivity (Wildman–Crippen MR) is 87.3 cm³/mol. The number of hydrogen-bond acceptors (Lipinski definition) is 5. The minimum atomic E-state index is -0.928. The van der Waals surface area contributed by atoms with Crippen molar-refractivity contribution in [1.29, 1.82) is 0 Å². The second kappa shape index (κ2) is 6.62. The minimum Gasteiger partial charge on any atom is -0.454 e. The molecule has 1 N–H and O–H groups in total. The van der Waals surface area contributed by atoms with E-state index < -0.39 is 18.0 Å². The molecule has 0 unspecified atom stereocenters. The molecule has 0 bridgehead atoms. The molecule has 2 aromatic rings. The Labute approximate surface area is 139 Å². The molecule has 1 aliphatic rings. The van der Waals surface area contributed by atoms with Gasteiger partial charge >= 0.3 is 5.97 Å². The number of benzene rings is 2. The van der Waals surface area contributed by atoms with Crippen molar-refractivity contribution in [3.05, 3.63) is 53.6 Å². The monoisotopic (exact) mass is 327 g/mol. The summed E-state index contributed by atoms with van der Waals surface area (Å²) in [6.07, 6.45) is -0.928. The summed E-state index contributed by atoms with van der Waals surface area (Å²) in [5, 5.41) is 2.69. The molecule has 1 heterocycles. The highest BCUT2D eigenvalue weighted by Crippen LogP contribution is 2.34. The number of esters is 1. The van der Waals surface area contributed by atoms with Crippen molar-refractivity contribution >= 4 is 17.6 Å². The first-order valence-corrected chi connectivity index (χ1v) is 7.52. The summed E-state index contributed by atoms with van der Waals surface area (Å²) in [5.41, 5.74) is 1.79. The van der Waals surface area contributed by atoms with E-state index in [1.165, 1.54) is 6.92 Å².